The third-order valence-electron chi connectivity index (χ3n) is 4.96. The molecule has 146 valence electrons. The Balaban J connectivity index is 1.48. The molecule has 2 rings (SSSR count). The average molecular weight is 361 g/mol. The first-order valence-electron chi connectivity index (χ1n) is 10.7. The fourth-order valence-corrected chi connectivity index (χ4v) is 2.99. The van der Waals surface area contributed by atoms with Crippen molar-refractivity contribution < 1.29 is 14.3 Å². The summed E-state index contributed by atoms with van der Waals surface area (Å²) in [6.45, 7) is 3.70. The molecule has 0 heterocycles. The van der Waals surface area contributed by atoms with Gasteiger partial charge in [-0.15, -0.1) is 0 Å². The van der Waals surface area contributed by atoms with E-state index in [1.807, 2.05) is 0 Å². The molecule has 0 N–H and O–H groups in total. The van der Waals surface area contributed by atoms with E-state index in [-0.39, 0.29) is 5.97 Å². The maximum Gasteiger partial charge on any atom is 0.305 e. The van der Waals surface area contributed by atoms with Crippen molar-refractivity contribution in [3.63, 3.8) is 0 Å². The Morgan fingerprint density at radius 3 is 2.42 bits per heavy atom. The number of esters is 1. The van der Waals surface area contributed by atoms with Crippen LogP contribution in [0.2, 0.25) is 0 Å². The maximum atomic E-state index is 11.6. The predicted octanol–water partition coefficient (Wildman–Crippen LogP) is 6.09. The second-order valence-electron chi connectivity index (χ2n) is 7.59. The molecule has 1 saturated carbocycles. The number of hydrogen-bond donors (Lipinski definition) is 0. The van der Waals surface area contributed by atoms with E-state index in [9.17, 15) is 4.79 Å². The number of benzene rings is 1. The van der Waals surface area contributed by atoms with Crippen molar-refractivity contribution in [2.75, 3.05) is 13.2 Å². The molecule has 0 aliphatic heterocycles. The smallest absolute Gasteiger partial charge is 0.305 e. The molecule has 0 aromatic heterocycles. The van der Waals surface area contributed by atoms with Crippen LogP contribution in [0.15, 0.2) is 24.3 Å². The van der Waals surface area contributed by atoms with Crippen LogP contribution >= 0.6 is 0 Å². The summed E-state index contributed by atoms with van der Waals surface area (Å²) >= 11 is 0. The monoisotopic (exact) mass is 360 g/mol. The number of hydrogen-bond acceptors (Lipinski definition) is 3. The van der Waals surface area contributed by atoms with Crippen molar-refractivity contribution in [3.8, 4) is 5.75 Å². The quantitative estimate of drug-likeness (QED) is 0.280. The Morgan fingerprint density at radius 2 is 1.69 bits per heavy atom. The minimum absolute atomic E-state index is 0.0321. The minimum Gasteiger partial charge on any atom is -0.494 e. The molecule has 1 aromatic rings. The number of carbonyl (C=O) groups excluding carboxylic acids is 1. The van der Waals surface area contributed by atoms with Crippen LogP contribution in [-0.4, -0.2) is 19.2 Å². The normalized spacial score (nSPS) is 13.6. The van der Waals surface area contributed by atoms with E-state index in [1.165, 1.54) is 50.5 Å². The summed E-state index contributed by atoms with van der Waals surface area (Å²) in [5.41, 5.74) is 1.31. The molecular formula is C23H36O3. The molecule has 0 spiro atoms. The van der Waals surface area contributed by atoms with E-state index in [4.69, 9.17) is 9.47 Å². The first-order valence-corrected chi connectivity index (χ1v) is 10.7. The number of ether oxygens (including phenoxy) is 2. The highest BCUT2D eigenvalue weighted by Gasteiger charge is 2.22. The summed E-state index contributed by atoms with van der Waals surface area (Å²) in [6, 6.07) is 8.41. The van der Waals surface area contributed by atoms with Gasteiger partial charge in [-0.2, -0.15) is 0 Å². The first kappa shape index (κ1) is 20.8. The summed E-state index contributed by atoms with van der Waals surface area (Å²) in [6.07, 6.45) is 13.7. The molecule has 0 unspecified atom stereocenters. The summed E-state index contributed by atoms with van der Waals surface area (Å²) in [5, 5.41) is 0. The van der Waals surface area contributed by atoms with Crippen LogP contribution in [0.4, 0.5) is 0 Å². The lowest BCUT2D eigenvalue weighted by Crippen LogP contribution is -2.06. The second kappa shape index (κ2) is 12.8. The Morgan fingerprint density at radius 1 is 0.962 bits per heavy atom. The Labute approximate surface area is 159 Å². The van der Waals surface area contributed by atoms with Crippen LogP contribution in [0.3, 0.4) is 0 Å². The van der Waals surface area contributed by atoms with Crippen LogP contribution in [0.25, 0.3) is 0 Å². The number of aryl methyl sites for hydroxylation is 1. The van der Waals surface area contributed by atoms with E-state index in [0.717, 1.165) is 38.0 Å². The van der Waals surface area contributed by atoms with Crippen molar-refractivity contribution in [2.24, 2.45) is 5.92 Å². The van der Waals surface area contributed by atoms with Gasteiger partial charge in [0, 0.05) is 6.42 Å². The molecule has 1 aromatic carbocycles. The van der Waals surface area contributed by atoms with E-state index < -0.39 is 0 Å². The highest BCUT2D eigenvalue weighted by molar-refractivity contribution is 5.69. The first-order chi connectivity index (χ1) is 12.8. The zero-order chi connectivity index (χ0) is 18.5. The SMILES string of the molecule is CCCCCCCCOc1ccc(CCCCC(=O)OCC2CC2)cc1. The third-order valence-corrected chi connectivity index (χ3v) is 4.96. The number of unbranched alkanes of at least 4 members (excludes halogenated alkanes) is 6. The van der Waals surface area contributed by atoms with E-state index in [2.05, 4.69) is 31.2 Å². The van der Waals surface area contributed by atoms with E-state index >= 15 is 0 Å². The molecule has 0 saturated heterocycles. The Kier molecular flexibility index (Phi) is 10.2. The summed E-state index contributed by atoms with van der Waals surface area (Å²) in [4.78, 5) is 11.6. The lowest BCUT2D eigenvalue weighted by molar-refractivity contribution is -0.144. The van der Waals surface area contributed by atoms with Crippen molar-refractivity contribution in [2.45, 2.75) is 84.0 Å². The molecule has 0 amide bonds. The maximum absolute atomic E-state index is 11.6. The molecule has 0 radical (unpaired) electrons. The topological polar surface area (TPSA) is 35.5 Å². The van der Waals surface area contributed by atoms with Gasteiger partial charge in [0.25, 0.3) is 0 Å². The zero-order valence-corrected chi connectivity index (χ0v) is 16.5. The molecule has 1 aliphatic rings. The zero-order valence-electron chi connectivity index (χ0n) is 16.5. The van der Waals surface area contributed by atoms with Gasteiger partial charge in [-0.25, -0.2) is 0 Å². The van der Waals surface area contributed by atoms with Crippen molar-refractivity contribution in [3.05, 3.63) is 29.8 Å². The van der Waals surface area contributed by atoms with Crippen molar-refractivity contribution >= 4 is 5.97 Å². The summed E-state index contributed by atoms with van der Waals surface area (Å²) in [7, 11) is 0. The van der Waals surface area contributed by atoms with Crippen LogP contribution < -0.4 is 4.74 Å². The van der Waals surface area contributed by atoms with E-state index in [1.54, 1.807) is 0 Å². The second-order valence-corrected chi connectivity index (χ2v) is 7.59. The van der Waals surface area contributed by atoms with Crippen molar-refractivity contribution in [1.29, 1.82) is 0 Å². The predicted molar refractivity (Wildman–Crippen MR) is 107 cm³/mol. The largest absolute Gasteiger partial charge is 0.494 e. The fourth-order valence-electron chi connectivity index (χ4n) is 2.99. The third kappa shape index (κ3) is 9.84. The van der Waals surface area contributed by atoms with Crippen LogP contribution in [-0.2, 0) is 16.0 Å². The van der Waals surface area contributed by atoms with Crippen LogP contribution in [0.5, 0.6) is 5.75 Å². The lowest BCUT2D eigenvalue weighted by atomic mass is 10.1. The van der Waals surface area contributed by atoms with Gasteiger partial charge in [-0.1, -0.05) is 51.2 Å². The van der Waals surface area contributed by atoms with Crippen LogP contribution in [0.1, 0.15) is 83.1 Å². The lowest BCUT2D eigenvalue weighted by Gasteiger charge is -2.08. The van der Waals surface area contributed by atoms with E-state index in [0.29, 0.717) is 18.9 Å². The van der Waals surface area contributed by atoms with Gasteiger partial charge in [-0.3, -0.25) is 4.79 Å². The number of carbonyl (C=O) groups is 1. The highest BCUT2D eigenvalue weighted by Crippen LogP contribution is 2.28. The van der Waals surface area contributed by atoms with Crippen molar-refractivity contribution in [1.82, 2.24) is 0 Å². The van der Waals surface area contributed by atoms with Gasteiger partial charge in [0.05, 0.1) is 13.2 Å². The fraction of sp³-hybridized carbons (Fsp3) is 0.696. The molecule has 1 aliphatic carbocycles. The molecule has 1 fully saturated rings. The summed E-state index contributed by atoms with van der Waals surface area (Å²) in [5.74, 6) is 1.59. The standard InChI is InChI=1S/C23H36O3/c1-2-3-4-5-6-9-18-25-22-16-14-20(15-17-22)10-7-8-11-23(24)26-19-21-12-13-21/h14-17,21H,2-13,18-19H2,1H3. The molecule has 0 bridgehead atoms. The van der Waals surface area contributed by atoms with Gasteiger partial charge in [0.1, 0.15) is 5.75 Å². The molecule has 26 heavy (non-hydrogen) atoms. The molecule has 3 nitrogen and oxygen atoms in total. The minimum atomic E-state index is -0.0321. The number of rotatable bonds is 15. The Bertz CT molecular complexity index is 491. The highest BCUT2D eigenvalue weighted by atomic mass is 16.5. The molecule has 0 atom stereocenters. The van der Waals surface area contributed by atoms with Gasteiger partial charge in [0.15, 0.2) is 0 Å². The van der Waals surface area contributed by atoms with Crippen LogP contribution in [0, 0.1) is 5.92 Å². The van der Waals surface area contributed by atoms with Gasteiger partial charge >= 0.3 is 5.97 Å². The van der Waals surface area contributed by atoms with Gasteiger partial charge in [-0.05, 0) is 62.1 Å². The Hall–Kier alpha value is -1.51. The van der Waals surface area contributed by atoms with Gasteiger partial charge < -0.3 is 9.47 Å². The van der Waals surface area contributed by atoms with Gasteiger partial charge in [0.2, 0.25) is 0 Å². The molecule has 3 heteroatoms. The average Bonchev–Trinajstić information content (AvgIpc) is 3.48. The summed E-state index contributed by atoms with van der Waals surface area (Å²) < 4.78 is 11.1. The molecular weight excluding hydrogens is 324 g/mol.